The van der Waals surface area contributed by atoms with Crippen molar-refractivity contribution in [3.63, 3.8) is 0 Å². The lowest BCUT2D eigenvalue weighted by Crippen LogP contribution is -2.38. The summed E-state index contributed by atoms with van der Waals surface area (Å²) in [6.45, 7) is 1.74. The SMILES string of the molecule is COC(CNC(=O)c1cccc(Br)c1C)C(=O)O. The van der Waals surface area contributed by atoms with E-state index in [-0.39, 0.29) is 12.5 Å². The maximum Gasteiger partial charge on any atom is 0.334 e. The van der Waals surface area contributed by atoms with Crippen LogP contribution in [-0.2, 0) is 9.53 Å². The molecule has 98 valence electrons. The minimum absolute atomic E-state index is 0.0728. The Bertz CT molecular complexity index is 461. The number of carboxylic acid groups (broad SMARTS) is 1. The summed E-state index contributed by atoms with van der Waals surface area (Å²) in [6.07, 6.45) is -1.04. The van der Waals surface area contributed by atoms with Crippen LogP contribution in [0.2, 0.25) is 0 Å². The van der Waals surface area contributed by atoms with Crippen molar-refractivity contribution in [3.05, 3.63) is 33.8 Å². The number of hydrogen-bond donors (Lipinski definition) is 2. The van der Waals surface area contributed by atoms with Gasteiger partial charge in [-0.3, -0.25) is 4.79 Å². The van der Waals surface area contributed by atoms with Crippen molar-refractivity contribution in [3.8, 4) is 0 Å². The van der Waals surface area contributed by atoms with Crippen LogP contribution in [0.4, 0.5) is 0 Å². The predicted molar refractivity (Wildman–Crippen MR) is 69.6 cm³/mol. The molecule has 1 aromatic rings. The van der Waals surface area contributed by atoms with Gasteiger partial charge in [0.15, 0.2) is 6.10 Å². The van der Waals surface area contributed by atoms with E-state index in [0.717, 1.165) is 10.0 Å². The summed E-state index contributed by atoms with van der Waals surface area (Å²) in [7, 11) is 1.29. The summed E-state index contributed by atoms with van der Waals surface area (Å²) >= 11 is 3.33. The second-order valence-electron chi connectivity index (χ2n) is 3.69. The highest BCUT2D eigenvalue weighted by atomic mass is 79.9. The van der Waals surface area contributed by atoms with Crippen LogP contribution in [0.25, 0.3) is 0 Å². The van der Waals surface area contributed by atoms with Gasteiger partial charge in [-0.2, -0.15) is 0 Å². The fraction of sp³-hybridized carbons (Fsp3) is 0.333. The van der Waals surface area contributed by atoms with Crippen molar-refractivity contribution >= 4 is 27.8 Å². The number of halogens is 1. The largest absolute Gasteiger partial charge is 0.479 e. The first-order valence-corrected chi connectivity index (χ1v) is 6.05. The zero-order valence-electron chi connectivity index (χ0n) is 10.1. The first-order valence-electron chi connectivity index (χ1n) is 5.26. The van der Waals surface area contributed by atoms with E-state index in [1.54, 1.807) is 12.1 Å². The van der Waals surface area contributed by atoms with Crippen molar-refractivity contribution in [2.24, 2.45) is 0 Å². The number of rotatable bonds is 5. The third-order valence-electron chi connectivity index (χ3n) is 2.52. The lowest BCUT2D eigenvalue weighted by Gasteiger charge is -2.12. The van der Waals surface area contributed by atoms with Crippen LogP contribution in [0.5, 0.6) is 0 Å². The van der Waals surface area contributed by atoms with E-state index in [2.05, 4.69) is 21.2 Å². The molecular weight excluding hydrogens is 302 g/mol. The summed E-state index contributed by atoms with van der Waals surface area (Å²) in [6, 6.07) is 5.26. The normalized spacial score (nSPS) is 11.9. The molecule has 0 aromatic heterocycles. The molecule has 0 bridgehead atoms. The molecule has 0 saturated heterocycles. The van der Waals surface area contributed by atoms with Gasteiger partial charge in [0.1, 0.15) is 0 Å². The third-order valence-corrected chi connectivity index (χ3v) is 3.38. The number of nitrogens with one attached hydrogen (secondary N) is 1. The molecule has 6 heteroatoms. The molecule has 18 heavy (non-hydrogen) atoms. The van der Waals surface area contributed by atoms with Gasteiger partial charge in [0.25, 0.3) is 5.91 Å². The first kappa shape index (κ1) is 14.7. The quantitative estimate of drug-likeness (QED) is 0.865. The van der Waals surface area contributed by atoms with Crippen LogP contribution < -0.4 is 5.32 Å². The van der Waals surface area contributed by atoms with Crippen molar-refractivity contribution in [2.75, 3.05) is 13.7 Å². The Labute approximate surface area is 113 Å². The minimum atomic E-state index is -1.11. The van der Waals surface area contributed by atoms with Gasteiger partial charge in [0, 0.05) is 17.1 Å². The lowest BCUT2D eigenvalue weighted by atomic mass is 10.1. The van der Waals surface area contributed by atoms with E-state index < -0.39 is 12.1 Å². The average molecular weight is 316 g/mol. The van der Waals surface area contributed by atoms with Gasteiger partial charge in [-0.15, -0.1) is 0 Å². The molecule has 1 atom stereocenters. The van der Waals surface area contributed by atoms with Gasteiger partial charge >= 0.3 is 5.97 Å². The van der Waals surface area contributed by atoms with E-state index in [0.29, 0.717) is 5.56 Å². The molecule has 5 nitrogen and oxygen atoms in total. The van der Waals surface area contributed by atoms with Gasteiger partial charge in [-0.25, -0.2) is 4.79 Å². The number of carbonyl (C=O) groups is 2. The summed E-state index contributed by atoms with van der Waals surface area (Å²) in [5.41, 5.74) is 1.31. The zero-order chi connectivity index (χ0) is 13.7. The number of hydrogen-bond acceptors (Lipinski definition) is 3. The fourth-order valence-electron chi connectivity index (χ4n) is 1.41. The maximum absolute atomic E-state index is 11.9. The second-order valence-corrected chi connectivity index (χ2v) is 4.54. The fourth-order valence-corrected chi connectivity index (χ4v) is 1.77. The summed E-state index contributed by atoms with van der Waals surface area (Å²) in [5, 5.41) is 11.3. The van der Waals surface area contributed by atoms with E-state index in [1.807, 2.05) is 13.0 Å². The molecule has 0 radical (unpaired) electrons. The molecule has 1 unspecified atom stereocenters. The second kappa shape index (κ2) is 6.51. The highest BCUT2D eigenvalue weighted by Gasteiger charge is 2.18. The molecule has 1 aromatic carbocycles. The molecule has 0 fully saturated rings. The van der Waals surface area contributed by atoms with Crippen LogP contribution >= 0.6 is 15.9 Å². The van der Waals surface area contributed by atoms with Gasteiger partial charge in [0.2, 0.25) is 0 Å². The molecule has 2 N–H and O–H groups in total. The van der Waals surface area contributed by atoms with Crippen molar-refractivity contribution < 1.29 is 19.4 Å². The average Bonchev–Trinajstić information content (AvgIpc) is 2.32. The Balaban J connectivity index is 2.71. The Kier molecular flexibility index (Phi) is 5.30. The zero-order valence-corrected chi connectivity index (χ0v) is 11.7. The van der Waals surface area contributed by atoms with Gasteiger partial charge in [-0.05, 0) is 24.6 Å². The molecule has 1 amide bonds. The molecule has 0 aliphatic heterocycles. The number of ether oxygens (including phenoxy) is 1. The van der Waals surface area contributed by atoms with Crippen LogP contribution in [0.3, 0.4) is 0 Å². The van der Waals surface area contributed by atoms with E-state index in [1.165, 1.54) is 7.11 Å². The van der Waals surface area contributed by atoms with Gasteiger partial charge < -0.3 is 15.2 Å². The molecule has 0 spiro atoms. The number of aliphatic carboxylic acids is 1. The standard InChI is InChI=1S/C12H14BrNO4/c1-7-8(4-3-5-9(7)13)11(15)14-6-10(18-2)12(16)17/h3-5,10H,6H2,1-2H3,(H,14,15)(H,16,17). The number of amides is 1. The molecule has 0 saturated carbocycles. The Hall–Kier alpha value is -1.40. The van der Waals surface area contributed by atoms with Gasteiger partial charge in [0.05, 0.1) is 6.54 Å². The predicted octanol–water partition coefficient (Wildman–Crippen LogP) is 1.59. The van der Waals surface area contributed by atoms with Gasteiger partial charge in [-0.1, -0.05) is 22.0 Å². The molecular formula is C12H14BrNO4. The van der Waals surface area contributed by atoms with E-state index in [4.69, 9.17) is 9.84 Å². The van der Waals surface area contributed by atoms with Crippen LogP contribution in [-0.4, -0.2) is 36.7 Å². The number of carbonyl (C=O) groups excluding carboxylic acids is 1. The molecule has 1 rings (SSSR count). The Morgan fingerprint density at radius 3 is 2.72 bits per heavy atom. The lowest BCUT2D eigenvalue weighted by molar-refractivity contribution is -0.148. The Morgan fingerprint density at radius 2 is 2.17 bits per heavy atom. The van der Waals surface area contributed by atoms with Crippen molar-refractivity contribution in [1.29, 1.82) is 0 Å². The maximum atomic E-state index is 11.9. The summed E-state index contributed by atoms with van der Waals surface area (Å²) in [4.78, 5) is 22.6. The number of methoxy groups -OCH3 is 1. The molecule has 0 aliphatic carbocycles. The topological polar surface area (TPSA) is 75.6 Å². The smallest absolute Gasteiger partial charge is 0.334 e. The Morgan fingerprint density at radius 1 is 1.50 bits per heavy atom. The highest BCUT2D eigenvalue weighted by molar-refractivity contribution is 9.10. The number of benzene rings is 1. The van der Waals surface area contributed by atoms with E-state index in [9.17, 15) is 9.59 Å². The third kappa shape index (κ3) is 3.54. The first-order chi connectivity index (χ1) is 8.47. The summed E-state index contributed by atoms with van der Waals surface area (Å²) < 4.78 is 5.56. The molecule has 0 aliphatic rings. The van der Waals surface area contributed by atoms with Crippen LogP contribution in [0, 0.1) is 6.92 Å². The summed E-state index contributed by atoms with van der Waals surface area (Å²) in [5.74, 6) is -1.43. The van der Waals surface area contributed by atoms with Crippen LogP contribution in [0.15, 0.2) is 22.7 Å². The minimum Gasteiger partial charge on any atom is -0.479 e. The number of carboxylic acids is 1. The molecule has 0 heterocycles. The van der Waals surface area contributed by atoms with Crippen molar-refractivity contribution in [1.82, 2.24) is 5.32 Å². The van der Waals surface area contributed by atoms with E-state index >= 15 is 0 Å². The van der Waals surface area contributed by atoms with Crippen molar-refractivity contribution in [2.45, 2.75) is 13.0 Å². The highest BCUT2D eigenvalue weighted by Crippen LogP contribution is 2.19. The monoisotopic (exact) mass is 315 g/mol. The van der Waals surface area contributed by atoms with Crippen LogP contribution in [0.1, 0.15) is 15.9 Å².